The Kier molecular flexibility index (Phi) is 4.19. The quantitative estimate of drug-likeness (QED) is 0.847. The maximum Gasteiger partial charge on any atom is 0.573 e. The highest BCUT2D eigenvalue weighted by atomic mass is 19.4. The van der Waals surface area contributed by atoms with Crippen LogP contribution < -0.4 is 9.47 Å². The number of carbonyl (C=O) groups is 1. The van der Waals surface area contributed by atoms with Crippen LogP contribution in [0.1, 0.15) is 5.56 Å². The summed E-state index contributed by atoms with van der Waals surface area (Å²) >= 11 is 0. The lowest BCUT2D eigenvalue weighted by atomic mass is 10.2. The highest BCUT2D eigenvalue weighted by molar-refractivity contribution is 5.85. The molecule has 0 saturated heterocycles. The molecule has 0 aliphatic rings. The van der Waals surface area contributed by atoms with Gasteiger partial charge in [-0.15, -0.1) is 13.2 Å². The van der Waals surface area contributed by atoms with Crippen LogP contribution in [-0.2, 0) is 4.79 Å². The normalized spacial score (nSPS) is 11.6. The molecule has 1 aromatic carbocycles. The molecule has 18 heavy (non-hydrogen) atoms. The van der Waals surface area contributed by atoms with Gasteiger partial charge < -0.3 is 14.6 Å². The molecule has 1 N–H and O–H groups in total. The fraction of sp³-hybridized carbons (Fsp3) is 0.182. The largest absolute Gasteiger partial charge is 0.573 e. The minimum atomic E-state index is -4.84. The molecule has 0 spiro atoms. The van der Waals surface area contributed by atoms with Crippen molar-refractivity contribution >= 4 is 12.0 Å². The van der Waals surface area contributed by atoms with Crippen molar-refractivity contribution in [3.63, 3.8) is 0 Å². The summed E-state index contributed by atoms with van der Waals surface area (Å²) in [6.07, 6.45) is -2.90. The van der Waals surface area contributed by atoms with Crippen LogP contribution in [0.15, 0.2) is 24.3 Å². The molecule has 1 aromatic rings. The van der Waals surface area contributed by atoms with E-state index in [9.17, 15) is 18.0 Å². The van der Waals surface area contributed by atoms with Crippen molar-refractivity contribution in [2.24, 2.45) is 0 Å². The Morgan fingerprint density at radius 1 is 1.33 bits per heavy atom. The maximum atomic E-state index is 12.1. The zero-order valence-corrected chi connectivity index (χ0v) is 9.19. The van der Waals surface area contributed by atoms with Crippen LogP contribution >= 0.6 is 0 Å². The molecule has 1 rings (SSSR count). The van der Waals surface area contributed by atoms with Crippen LogP contribution in [0.2, 0.25) is 0 Å². The number of aliphatic carboxylic acids is 1. The minimum Gasteiger partial charge on any atom is -0.493 e. The predicted octanol–water partition coefficient (Wildman–Crippen LogP) is 2.69. The molecule has 0 heterocycles. The second kappa shape index (κ2) is 5.44. The van der Waals surface area contributed by atoms with Crippen LogP contribution in [0.5, 0.6) is 11.5 Å². The van der Waals surface area contributed by atoms with E-state index in [0.29, 0.717) is 0 Å². The van der Waals surface area contributed by atoms with E-state index in [-0.39, 0.29) is 11.3 Å². The number of benzene rings is 1. The molecule has 0 saturated carbocycles. The second-order valence-electron chi connectivity index (χ2n) is 3.13. The topological polar surface area (TPSA) is 55.8 Å². The fourth-order valence-corrected chi connectivity index (χ4v) is 1.17. The minimum absolute atomic E-state index is 0.0974. The van der Waals surface area contributed by atoms with Crippen LogP contribution in [-0.4, -0.2) is 24.5 Å². The van der Waals surface area contributed by atoms with E-state index in [2.05, 4.69) is 4.74 Å². The van der Waals surface area contributed by atoms with E-state index in [4.69, 9.17) is 9.84 Å². The third-order valence-electron chi connectivity index (χ3n) is 1.83. The summed E-state index contributed by atoms with van der Waals surface area (Å²) in [7, 11) is 1.20. The molecular weight excluding hydrogens is 253 g/mol. The number of halogens is 3. The first-order valence-corrected chi connectivity index (χ1v) is 4.66. The summed E-state index contributed by atoms with van der Waals surface area (Å²) in [6, 6.07) is 3.69. The van der Waals surface area contributed by atoms with E-state index < -0.39 is 18.1 Å². The first-order chi connectivity index (χ1) is 8.31. The molecule has 0 aromatic heterocycles. The fourth-order valence-electron chi connectivity index (χ4n) is 1.17. The van der Waals surface area contributed by atoms with Gasteiger partial charge in [-0.05, 0) is 23.8 Å². The lowest BCUT2D eigenvalue weighted by Crippen LogP contribution is -2.17. The van der Waals surface area contributed by atoms with Crippen molar-refractivity contribution in [1.82, 2.24) is 0 Å². The van der Waals surface area contributed by atoms with Gasteiger partial charge in [0.1, 0.15) is 0 Å². The van der Waals surface area contributed by atoms with Crippen LogP contribution in [0.3, 0.4) is 0 Å². The molecule has 0 fully saturated rings. The lowest BCUT2D eigenvalue weighted by Gasteiger charge is -2.12. The van der Waals surface area contributed by atoms with Gasteiger partial charge in [0.25, 0.3) is 0 Å². The Hall–Kier alpha value is -2.18. The van der Waals surface area contributed by atoms with Crippen LogP contribution in [0, 0.1) is 0 Å². The summed E-state index contributed by atoms with van der Waals surface area (Å²) in [5.41, 5.74) is 0.248. The summed E-state index contributed by atoms with van der Waals surface area (Å²) in [6.45, 7) is 0. The zero-order valence-electron chi connectivity index (χ0n) is 9.19. The van der Waals surface area contributed by atoms with Crippen molar-refractivity contribution < 1.29 is 32.5 Å². The average molecular weight is 262 g/mol. The van der Waals surface area contributed by atoms with Crippen molar-refractivity contribution in [3.8, 4) is 11.5 Å². The lowest BCUT2D eigenvalue weighted by molar-refractivity contribution is -0.275. The van der Waals surface area contributed by atoms with Gasteiger partial charge in [0, 0.05) is 6.08 Å². The summed E-state index contributed by atoms with van der Waals surface area (Å²) in [4.78, 5) is 10.3. The van der Waals surface area contributed by atoms with Gasteiger partial charge in [-0.3, -0.25) is 0 Å². The van der Waals surface area contributed by atoms with E-state index in [1.165, 1.54) is 19.2 Å². The maximum absolute atomic E-state index is 12.1. The summed E-state index contributed by atoms with van der Waals surface area (Å²) in [5.74, 6) is -1.83. The Bertz CT molecular complexity index is 466. The second-order valence-corrected chi connectivity index (χ2v) is 3.13. The third kappa shape index (κ3) is 4.36. The van der Waals surface area contributed by atoms with Gasteiger partial charge in [0.05, 0.1) is 7.11 Å². The number of methoxy groups -OCH3 is 1. The van der Waals surface area contributed by atoms with Crippen LogP contribution in [0.4, 0.5) is 13.2 Å². The number of hydrogen-bond acceptors (Lipinski definition) is 3. The molecule has 0 amide bonds. The molecule has 0 unspecified atom stereocenters. The first kappa shape index (κ1) is 13.9. The predicted molar refractivity (Wildman–Crippen MR) is 56.3 cm³/mol. The monoisotopic (exact) mass is 262 g/mol. The Morgan fingerprint density at radius 2 is 2.00 bits per heavy atom. The van der Waals surface area contributed by atoms with Crippen molar-refractivity contribution in [3.05, 3.63) is 29.8 Å². The van der Waals surface area contributed by atoms with Gasteiger partial charge in [-0.25, -0.2) is 4.79 Å². The Morgan fingerprint density at radius 3 is 2.50 bits per heavy atom. The first-order valence-electron chi connectivity index (χ1n) is 4.66. The van der Waals surface area contributed by atoms with E-state index in [0.717, 1.165) is 18.2 Å². The van der Waals surface area contributed by atoms with Gasteiger partial charge >= 0.3 is 12.3 Å². The molecule has 0 aliphatic heterocycles. The smallest absolute Gasteiger partial charge is 0.493 e. The zero-order chi connectivity index (χ0) is 13.8. The highest BCUT2D eigenvalue weighted by Crippen LogP contribution is 2.33. The summed E-state index contributed by atoms with van der Waals surface area (Å²) < 4.78 is 44.8. The number of carboxylic acid groups (broad SMARTS) is 1. The molecule has 4 nitrogen and oxygen atoms in total. The van der Waals surface area contributed by atoms with E-state index in [1.807, 2.05) is 0 Å². The molecule has 0 aliphatic carbocycles. The van der Waals surface area contributed by atoms with Gasteiger partial charge in [0.15, 0.2) is 11.5 Å². The number of alkyl halides is 3. The van der Waals surface area contributed by atoms with Crippen molar-refractivity contribution in [2.75, 3.05) is 7.11 Å². The van der Waals surface area contributed by atoms with Gasteiger partial charge in [0.2, 0.25) is 0 Å². The Labute approximate surface area is 100 Å². The van der Waals surface area contributed by atoms with E-state index in [1.54, 1.807) is 0 Å². The number of ether oxygens (including phenoxy) is 2. The van der Waals surface area contributed by atoms with E-state index >= 15 is 0 Å². The molecule has 7 heteroatoms. The third-order valence-corrected chi connectivity index (χ3v) is 1.83. The molecule has 0 radical (unpaired) electrons. The molecule has 0 atom stereocenters. The standard InChI is InChI=1S/C11H9F3O4/c1-17-8-4-2-7(3-5-10(15)16)6-9(8)18-11(12,13)14/h2-6H,1H3,(H,15,16). The number of carboxylic acids is 1. The van der Waals surface area contributed by atoms with Crippen LogP contribution in [0.25, 0.3) is 6.08 Å². The van der Waals surface area contributed by atoms with Gasteiger partial charge in [-0.1, -0.05) is 6.07 Å². The number of hydrogen-bond donors (Lipinski definition) is 1. The average Bonchev–Trinajstić information content (AvgIpc) is 2.24. The number of rotatable bonds is 4. The SMILES string of the molecule is COc1ccc(C=CC(=O)O)cc1OC(F)(F)F. The Balaban J connectivity index is 3.05. The van der Waals surface area contributed by atoms with Gasteiger partial charge in [-0.2, -0.15) is 0 Å². The summed E-state index contributed by atoms with van der Waals surface area (Å²) in [5, 5.41) is 8.41. The molecule has 98 valence electrons. The van der Waals surface area contributed by atoms with Crippen molar-refractivity contribution in [2.45, 2.75) is 6.36 Å². The molecule has 0 bridgehead atoms. The molecular formula is C11H9F3O4. The van der Waals surface area contributed by atoms with Crippen molar-refractivity contribution in [1.29, 1.82) is 0 Å². The highest BCUT2D eigenvalue weighted by Gasteiger charge is 2.32.